The number of ether oxygens (including phenoxy) is 1. The first-order valence-corrected chi connectivity index (χ1v) is 8.83. The lowest BCUT2D eigenvalue weighted by molar-refractivity contribution is -0.384. The van der Waals surface area contributed by atoms with Crippen LogP contribution < -0.4 is 10.2 Å². The minimum Gasteiger partial charge on any atom is -0.462 e. The summed E-state index contributed by atoms with van der Waals surface area (Å²) in [5, 5.41) is 13.8. The van der Waals surface area contributed by atoms with Crippen molar-refractivity contribution in [1.29, 1.82) is 0 Å². The lowest BCUT2D eigenvalue weighted by Gasteiger charge is -2.17. The van der Waals surface area contributed by atoms with Gasteiger partial charge in [-0.1, -0.05) is 12.1 Å². The van der Waals surface area contributed by atoms with E-state index < -0.39 is 4.92 Å². The molecule has 8 nitrogen and oxygen atoms in total. The minimum absolute atomic E-state index is 0.0676. The molecule has 1 amide bonds. The molecule has 0 atom stereocenters. The van der Waals surface area contributed by atoms with Crippen molar-refractivity contribution >= 4 is 23.3 Å². The number of amides is 1. The van der Waals surface area contributed by atoms with Gasteiger partial charge in [0, 0.05) is 32.8 Å². The Kier molecular flexibility index (Phi) is 7.08. The molecule has 0 unspecified atom stereocenters. The van der Waals surface area contributed by atoms with Gasteiger partial charge < -0.3 is 15.0 Å². The zero-order valence-electron chi connectivity index (χ0n) is 16.1. The molecule has 28 heavy (non-hydrogen) atoms. The lowest BCUT2D eigenvalue weighted by Crippen LogP contribution is -2.27. The van der Waals surface area contributed by atoms with Crippen LogP contribution in [-0.4, -0.2) is 44.0 Å². The van der Waals surface area contributed by atoms with E-state index in [4.69, 9.17) is 4.74 Å². The number of non-ortho nitro benzene ring substituents is 1. The molecule has 0 aliphatic rings. The van der Waals surface area contributed by atoms with Crippen LogP contribution in [-0.2, 0) is 11.2 Å². The molecule has 148 valence electrons. The van der Waals surface area contributed by atoms with Crippen LogP contribution in [0, 0.1) is 10.1 Å². The van der Waals surface area contributed by atoms with Gasteiger partial charge in [0.05, 0.1) is 28.3 Å². The number of carbonyl (C=O) groups is 2. The van der Waals surface area contributed by atoms with Crippen LogP contribution in [0.5, 0.6) is 0 Å². The molecule has 0 fully saturated rings. The average molecular weight is 385 g/mol. The second kappa shape index (κ2) is 9.50. The maximum Gasteiger partial charge on any atom is 0.338 e. The lowest BCUT2D eigenvalue weighted by atomic mass is 10.1. The van der Waals surface area contributed by atoms with Crippen molar-refractivity contribution in [2.75, 3.05) is 32.1 Å². The van der Waals surface area contributed by atoms with Gasteiger partial charge in [0.15, 0.2) is 0 Å². The summed E-state index contributed by atoms with van der Waals surface area (Å²) in [6.07, 6.45) is 0.582. The Morgan fingerprint density at radius 1 is 1.14 bits per heavy atom. The fourth-order valence-electron chi connectivity index (χ4n) is 2.63. The number of nitrogens with one attached hydrogen (secondary N) is 1. The van der Waals surface area contributed by atoms with Crippen LogP contribution in [0.25, 0.3) is 0 Å². The van der Waals surface area contributed by atoms with E-state index in [0.29, 0.717) is 36.4 Å². The van der Waals surface area contributed by atoms with Gasteiger partial charge >= 0.3 is 5.97 Å². The summed E-state index contributed by atoms with van der Waals surface area (Å²) >= 11 is 0. The molecule has 0 spiro atoms. The molecular weight excluding hydrogens is 362 g/mol. The summed E-state index contributed by atoms with van der Waals surface area (Å²) in [7, 11) is 3.45. The first-order valence-electron chi connectivity index (χ1n) is 8.83. The van der Waals surface area contributed by atoms with Crippen LogP contribution in [0.1, 0.15) is 33.2 Å². The summed E-state index contributed by atoms with van der Waals surface area (Å²) in [6.45, 7) is 2.47. The maximum absolute atomic E-state index is 12.5. The Balaban J connectivity index is 1.99. The number of nitro groups is 1. The zero-order valence-corrected chi connectivity index (χ0v) is 16.1. The predicted molar refractivity (Wildman–Crippen MR) is 106 cm³/mol. The molecule has 8 heteroatoms. The Labute approximate surface area is 163 Å². The number of nitrogens with zero attached hydrogens (tertiary/aromatic N) is 2. The predicted octanol–water partition coefficient (Wildman–Crippen LogP) is 2.81. The van der Waals surface area contributed by atoms with Crippen LogP contribution >= 0.6 is 0 Å². The molecule has 2 aromatic carbocycles. The highest BCUT2D eigenvalue weighted by Gasteiger charge is 2.17. The molecule has 0 heterocycles. The van der Waals surface area contributed by atoms with Crippen LogP contribution in [0.15, 0.2) is 42.5 Å². The third-order valence-electron chi connectivity index (χ3n) is 4.08. The monoisotopic (exact) mass is 385 g/mol. The largest absolute Gasteiger partial charge is 0.462 e. The molecule has 0 radical (unpaired) electrons. The summed E-state index contributed by atoms with van der Waals surface area (Å²) in [5.74, 6) is -0.668. The molecule has 0 saturated heterocycles. The van der Waals surface area contributed by atoms with E-state index >= 15 is 0 Å². The van der Waals surface area contributed by atoms with Crippen LogP contribution in [0.4, 0.5) is 11.4 Å². The SMILES string of the molecule is CCOC(=O)c1ccc(CCNC(=O)c2ccc([N+](=O)[O-])cc2N(C)C)cc1. The van der Waals surface area contributed by atoms with Crippen molar-refractivity contribution in [3.05, 3.63) is 69.3 Å². The molecule has 0 bridgehead atoms. The van der Waals surface area contributed by atoms with E-state index in [2.05, 4.69) is 5.32 Å². The smallest absolute Gasteiger partial charge is 0.338 e. The number of rotatable bonds is 8. The summed E-state index contributed by atoms with van der Waals surface area (Å²) in [5.41, 5.74) is 2.22. The van der Waals surface area contributed by atoms with Crippen molar-refractivity contribution in [3.8, 4) is 0 Å². The van der Waals surface area contributed by atoms with Gasteiger partial charge in [-0.05, 0) is 37.1 Å². The maximum atomic E-state index is 12.5. The van der Waals surface area contributed by atoms with Gasteiger partial charge in [-0.3, -0.25) is 14.9 Å². The first kappa shape index (κ1) is 20.9. The Bertz CT molecular complexity index is 863. The molecule has 0 aromatic heterocycles. The molecule has 2 rings (SSSR count). The molecule has 0 aliphatic heterocycles. The van der Waals surface area contributed by atoms with Crippen LogP contribution in [0.2, 0.25) is 0 Å². The summed E-state index contributed by atoms with van der Waals surface area (Å²) in [4.78, 5) is 36.2. The first-order chi connectivity index (χ1) is 13.3. The van der Waals surface area contributed by atoms with Crippen LogP contribution in [0.3, 0.4) is 0 Å². The van der Waals surface area contributed by atoms with Gasteiger partial charge in [-0.25, -0.2) is 4.79 Å². The second-order valence-corrected chi connectivity index (χ2v) is 6.28. The molecule has 0 saturated carbocycles. The molecule has 2 aromatic rings. The van der Waals surface area contributed by atoms with Gasteiger partial charge in [0.2, 0.25) is 0 Å². The highest BCUT2D eigenvalue weighted by molar-refractivity contribution is 6.00. The van der Waals surface area contributed by atoms with Gasteiger partial charge in [0.1, 0.15) is 0 Å². The van der Waals surface area contributed by atoms with E-state index in [1.165, 1.54) is 18.2 Å². The zero-order chi connectivity index (χ0) is 20.7. The normalized spacial score (nSPS) is 10.2. The third kappa shape index (κ3) is 5.29. The number of anilines is 1. The fraction of sp³-hybridized carbons (Fsp3) is 0.300. The number of carbonyl (C=O) groups excluding carboxylic acids is 2. The summed E-state index contributed by atoms with van der Waals surface area (Å²) in [6, 6.07) is 11.2. The topological polar surface area (TPSA) is 102 Å². The van der Waals surface area contributed by atoms with Crippen molar-refractivity contribution in [1.82, 2.24) is 5.32 Å². The third-order valence-corrected chi connectivity index (χ3v) is 4.08. The molecular formula is C20H23N3O5. The molecule has 0 aliphatic carbocycles. The standard InChI is InChI=1S/C20H23N3O5/c1-4-28-20(25)15-7-5-14(6-8-15)11-12-21-19(24)17-10-9-16(23(26)27)13-18(17)22(2)3/h5-10,13H,4,11-12H2,1-3H3,(H,21,24). The van der Waals surface area contributed by atoms with Crippen molar-refractivity contribution in [2.45, 2.75) is 13.3 Å². The van der Waals surface area contributed by atoms with E-state index in [9.17, 15) is 19.7 Å². The average Bonchev–Trinajstić information content (AvgIpc) is 2.68. The Morgan fingerprint density at radius 3 is 2.39 bits per heavy atom. The number of nitro benzene ring substituents is 1. The van der Waals surface area contributed by atoms with E-state index in [0.717, 1.165) is 5.56 Å². The number of esters is 1. The summed E-state index contributed by atoms with van der Waals surface area (Å²) < 4.78 is 4.94. The second-order valence-electron chi connectivity index (χ2n) is 6.28. The highest BCUT2D eigenvalue weighted by atomic mass is 16.6. The quantitative estimate of drug-likeness (QED) is 0.426. The number of benzene rings is 2. The van der Waals surface area contributed by atoms with Gasteiger partial charge in [-0.15, -0.1) is 0 Å². The Hall–Kier alpha value is -3.42. The minimum atomic E-state index is -0.491. The molecule has 1 N–H and O–H groups in total. The van der Waals surface area contributed by atoms with E-state index in [1.54, 1.807) is 38.1 Å². The van der Waals surface area contributed by atoms with Crippen molar-refractivity contribution in [3.63, 3.8) is 0 Å². The van der Waals surface area contributed by atoms with E-state index in [-0.39, 0.29) is 17.6 Å². The van der Waals surface area contributed by atoms with E-state index in [1.807, 2.05) is 12.1 Å². The van der Waals surface area contributed by atoms with Crippen molar-refractivity contribution < 1.29 is 19.2 Å². The van der Waals surface area contributed by atoms with Gasteiger partial charge in [-0.2, -0.15) is 0 Å². The van der Waals surface area contributed by atoms with Crippen molar-refractivity contribution in [2.24, 2.45) is 0 Å². The Morgan fingerprint density at radius 2 is 1.82 bits per heavy atom. The fourth-order valence-corrected chi connectivity index (χ4v) is 2.63. The van der Waals surface area contributed by atoms with Gasteiger partial charge in [0.25, 0.3) is 11.6 Å². The number of hydrogen-bond acceptors (Lipinski definition) is 6. The number of hydrogen-bond donors (Lipinski definition) is 1. The highest BCUT2D eigenvalue weighted by Crippen LogP contribution is 2.24.